The van der Waals surface area contributed by atoms with E-state index in [1.807, 2.05) is 23.6 Å². The molecule has 7 heteroatoms. The van der Waals surface area contributed by atoms with Gasteiger partial charge in [0.25, 0.3) is 0 Å². The molecule has 5 nitrogen and oxygen atoms in total. The molecule has 1 aromatic heterocycles. The predicted molar refractivity (Wildman–Crippen MR) is 99.6 cm³/mol. The van der Waals surface area contributed by atoms with Crippen molar-refractivity contribution in [3.63, 3.8) is 0 Å². The molecule has 1 N–H and O–H groups in total. The van der Waals surface area contributed by atoms with Gasteiger partial charge < -0.3 is 14.8 Å². The van der Waals surface area contributed by atoms with E-state index < -0.39 is 0 Å². The van der Waals surface area contributed by atoms with Gasteiger partial charge >= 0.3 is 0 Å². The Morgan fingerprint density at radius 2 is 1.96 bits per heavy atom. The standard InChI is InChI=1S/C20H15FN2O3S/c21-13-4-1-11(2-5-13)14-8-15(14)19(24)23-20-22-16(9-27-20)12-3-6-17-18(7-12)26-10-25-17/h1-7,9,14-15H,8,10H2,(H,22,23,24). The van der Waals surface area contributed by atoms with Crippen molar-refractivity contribution < 1.29 is 18.7 Å². The Hall–Kier alpha value is -2.93. The van der Waals surface area contributed by atoms with Crippen molar-refractivity contribution in [2.45, 2.75) is 12.3 Å². The van der Waals surface area contributed by atoms with E-state index in [-0.39, 0.29) is 30.4 Å². The molecule has 2 atom stereocenters. The van der Waals surface area contributed by atoms with Gasteiger partial charge in [-0.2, -0.15) is 0 Å². The highest BCUT2D eigenvalue weighted by Gasteiger charge is 2.44. The summed E-state index contributed by atoms with van der Waals surface area (Å²) in [7, 11) is 0. The minimum absolute atomic E-state index is 0.0455. The summed E-state index contributed by atoms with van der Waals surface area (Å²) in [5.74, 6) is 1.18. The quantitative estimate of drug-likeness (QED) is 0.726. The summed E-state index contributed by atoms with van der Waals surface area (Å²) in [4.78, 5) is 17.0. The van der Waals surface area contributed by atoms with Crippen molar-refractivity contribution in [1.82, 2.24) is 4.98 Å². The molecule has 1 aliphatic heterocycles. The molecule has 0 radical (unpaired) electrons. The monoisotopic (exact) mass is 382 g/mol. The SMILES string of the molecule is O=C(Nc1nc(-c2ccc3c(c2)OCO3)cs1)C1CC1c1ccc(F)cc1. The highest BCUT2D eigenvalue weighted by molar-refractivity contribution is 7.14. The number of nitrogens with one attached hydrogen (secondary N) is 1. The zero-order valence-corrected chi connectivity index (χ0v) is 15.0. The summed E-state index contributed by atoms with van der Waals surface area (Å²) in [6.07, 6.45) is 0.776. The van der Waals surface area contributed by atoms with Crippen molar-refractivity contribution >= 4 is 22.4 Å². The molecule has 2 aliphatic rings. The molecule has 1 fully saturated rings. The second-order valence-corrected chi connectivity index (χ2v) is 7.45. The number of ether oxygens (including phenoxy) is 2. The number of hydrogen-bond donors (Lipinski definition) is 1. The number of carbonyl (C=O) groups is 1. The second-order valence-electron chi connectivity index (χ2n) is 6.60. The molecule has 1 saturated carbocycles. The van der Waals surface area contributed by atoms with Crippen LogP contribution in [0.25, 0.3) is 11.3 Å². The Bertz CT molecular complexity index is 1020. The summed E-state index contributed by atoms with van der Waals surface area (Å²) >= 11 is 1.39. The highest BCUT2D eigenvalue weighted by Crippen LogP contribution is 2.48. The van der Waals surface area contributed by atoms with Gasteiger partial charge in [0.2, 0.25) is 12.7 Å². The number of halogens is 1. The van der Waals surface area contributed by atoms with Crippen molar-refractivity contribution in [3.8, 4) is 22.8 Å². The number of amides is 1. The zero-order chi connectivity index (χ0) is 18.4. The number of aromatic nitrogens is 1. The van der Waals surface area contributed by atoms with Crippen molar-refractivity contribution in [2.24, 2.45) is 5.92 Å². The second kappa shape index (κ2) is 6.35. The molecule has 1 aliphatic carbocycles. The third kappa shape index (κ3) is 3.14. The van der Waals surface area contributed by atoms with Gasteiger partial charge in [-0.15, -0.1) is 11.3 Å². The molecular weight excluding hydrogens is 367 g/mol. The van der Waals surface area contributed by atoms with Crippen molar-refractivity contribution in [1.29, 1.82) is 0 Å². The van der Waals surface area contributed by atoms with Crippen LogP contribution in [-0.2, 0) is 4.79 Å². The van der Waals surface area contributed by atoms with Crippen LogP contribution in [0.15, 0.2) is 47.8 Å². The fourth-order valence-electron chi connectivity index (χ4n) is 3.28. The average molecular weight is 382 g/mol. The number of rotatable bonds is 4. The lowest BCUT2D eigenvalue weighted by molar-refractivity contribution is -0.117. The van der Waals surface area contributed by atoms with Gasteiger partial charge in [0.1, 0.15) is 5.82 Å². The van der Waals surface area contributed by atoms with Crippen LogP contribution in [0.3, 0.4) is 0 Å². The number of thiazole rings is 1. The normalized spacial score (nSPS) is 19.7. The fourth-order valence-corrected chi connectivity index (χ4v) is 4.00. The van der Waals surface area contributed by atoms with Gasteiger partial charge in [-0.25, -0.2) is 9.37 Å². The van der Waals surface area contributed by atoms with Gasteiger partial charge in [-0.05, 0) is 48.2 Å². The maximum Gasteiger partial charge on any atom is 0.231 e. The summed E-state index contributed by atoms with van der Waals surface area (Å²) in [5, 5.41) is 5.36. The van der Waals surface area contributed by atoms with E-state index in [2.05, 4.69) is 10.3 Å². The molecule has 0 spiro atoms. The maximum absolute atomic E-state index is 13.0. The van der Waals surface area contributed by atoms with E-state index in [1.54, 1.807) is 12.1 Å². The molecule has 2 heterocycles. The molecule has 136 valence electrons. The minimum Gasteiger partial charge on any atom is -0.454 e. The number of anilines is 1. The van der Waals surface area contributed by atoms with Crippen molar-refractivity contribution in [2.75, 3.05) is 12.1 Å². The average Bonchev–Trinajstić information content (AvgIpc) is 3.10. The van der Waals surface area contributed by atoms with Crippen LogP contribution in [0, 0.1) is 11.7 Å². The fraction of sp³-hybridized carbons (Fsp3) is 0.200. The summed E-state index contributed by atoms with van der Waals surface area (Å²) in [6.45, 7) is 0.230. The first-order valence-corrected chi connectivity index (χ1v) is 9.47. The molecule has 0 saturated heterocycles. The first kappa shape index (κ1) is 16.3. The number of carbonyl (C=O) groups excluding carboxylic acids is 1. The van der Waals surface area contributed by atoms with E-state index in [1.165, 1.54) is 23.5 Å². The molecule has 0 bridgehead atoms. The molecule has 1 amide bonds. The molecule has 27 heavy (non-hydrogen) atoms. The number of fused-ring (bicyclic) bond motifs is 1. The van der Waals surface area contributed by atoms with Gasteiger partial charge in [-0.1, -0.05) is 12.1 Å². The van der Waals surface area contributed by atoms with Crippen LogP contribution in [0.4, 0.5) is 9.52 Å². The summed E-state index contributed by atoms with van der Waals surface area (Å²) < 4.78 is 23.7. The van der Waals surface area contributed by atoms with E-state index in [9.17, 15) is 9.18 Å². The van der Waals surface area contributed by atoms with E-state index >= 15 is 0 Å². The molecule has 3 aromatic rings. The predicted octanol–water partition coefficient (Wildman–Crippen LogP) is 4.42. The minimum atomic E-state index is -0.265. The Balaban J connectivity index is 1.26. The van der Waals surface area contributed by atoms with Gasteiger partial charge in [-0.3, -0.25) is 4.79 Å². The third-order valence-electron chi connectivity index (χ3n) is 4.83. The molecule has 5 rings (SSSR count). The van der Waals surface area contributed by atoms with Crippen molar-refractivity contribution in [3.05, 3.63) is 59.2 Å². The Morgan fingerprint density at radius 1 is 1.15 bits per heavy atom. The largest absolute Gasteiger partial charge is 0.454 e. The number of benzene rings is 2. The smallest absolute Gasteiger partial charge is 0.231 e. The third-order valence-corrected chi connectivity index (χ3v) is 5.59. The summed E-state index contributed by atoms with van der Waals surface area (Å²) in [6, 6.07) is 12.0. The lowest BCUT2D eigenvalue weighted by Crippen LogP contribution is -2.14. The first-order chi connectivity index (χ1) is 13.2. The Labute approximate surface area is 158 Å². The first-order valence-electron chi connectivity index (χ1n) is 8.59. The highest BCUT2D eigenvalue weighted by atomic mass is 32.1. The molecule has 2 aromatic carbocycles. The van der Waals surface area contributed by atoms with Gasteiger partial charge in [0.15, 0.2) is 16.6 Å². The van der Waals surface area contributed by atoms with Crippen LogP contribution in [-0.4, -0.2) is 17.7 Å². The van der Waals surface area contributed by atoms with Crippen LogP contribution < -0.4 is 14.8 Å². The maximum atomic E-state index is 13.0. The molecule has 2 unspecified atom stereocenters. The Morgan fingerprint density at radius 3 is 2.81 bits per heavy atom. The topological polar surface area (TPSA) is 60.5 Å². The van der Waals surface area contributed by atoms with E-state index in [4.69, 9.17) is 9.47 Å². The van der Waals surface area contributed by atoms with E-state index in [0.717, 1.165) is 29.0 Å². The zero-order valence-electron chi connectivity index (χ0n) is 14.1. The van der Waals surface area contributed by atoms with Gasteiger partial charge in [0.05, 0.1) is 5.69 Å². The van der Waals surface area contributed by atoms with Crippen LogP contribution >= 0.6 is 11.3 Å². The van der Waals surface area contributed by atoms with Crippen LogP contribution in [0.2, 0.25) is 0 Å². The van der Waals surface area contributed by atoms with Crippen LogP contribution in [0.5, 0.6) is 11.5 Å². The van der Waals surface area contributed by atoms with Crippen LogP contribution in [0.1, 0.15) is 17.9 Å². The summed E-state index contributed by atoms with van der Waals surface area (Å²) in [5.41, 5.74) is 2.68. The van der Waals surface area contributed by atoms with E-state index in [0.29, 0.717) is 10.9 Å². The van der Waals surface area contributed by atoms with Gasteiger partial charge in [0, 0.05) is 16.9 Å². The Kier molecular flexibility index (Phi) is 3.82. The lowest BCUT2D eigenvalue weighted by Gasteiger charge is -2.02. The molecular formula is C20H15FN2O3S. The lowest BCUT2D eigenvalue weighted by atomic mass is 10.1. The number of hydrogen-bond acceptors (Lipinski definition) is 5. The number of nitrogens with zero attached hydrogens (tertiary/aromatic N) is 1.